The van der Waals surface area contributed by atoms with Gasteiger partial charge in [-0.3, -0.25) is 0 Å². The molecule has 0 radical (unpaired) electrons. The largest absolute Gasteiger partial charge is 0.444 e. The predicted molar refractivity (Wildman–Crippen MR) is 91.9 cm³/mol. The van der Waals surface area contributed by atoms with Crippen molar-refractivity contribution in [3.63, 3.8) is 0 Å². The second kappa shape index (κ2) is 9.08. The molecule has 0 aliphatic rings. The third-order valence-corrected chi connectivity index (χ3v) is 2.91. The quantitative estimate of drug-likeness (QED) is 0.719. The van der Waals surface area contributed by atoms with Gasteiger partial charge in [-0.15, -0.1) is 0 Å². The van der Waals surface area contributed by atoms with E-state index in [9.17, 15) is 4.79 Å². The zero-order valence-electron chi connectivity index (χ0n) is 14.1. The highest BCUT2D eigenvalue weighted by Gasteiger charge is 2.18. The van der Waals surface area contributed by atoms with Crippen molar-refractivity contribution in [3.8, 4) is 0 Å². The van der Waals surface area contributed by atoms with Gasteiger partial charge in [0.25, 0.3) is 0 Å². The van der Waals surface area contributed by atoms with E-state index in [1.165, 1.54) is 5.56 Å². The summed E-state index contributed by atoms with van der Waals surface area (Å²) in [5, 5.41) is 0. The van der Waals surface area contributed by atoms with Gasteiger partial charge in [-0.25, -0.2) is 4.79 Å². The summed E-state index contributed by atoms with van der Waals surface area (Å²) in [5.41, 5.74) is 0.896. The van der Waals surface area contributed by atoms with Crippen molar-refractivity contribution in [3.05, 3.63) is 60.2 Å². The summed E-state index contributed by atoms with van der Waals surface area (Å²) in [7, 11) is 1.73. The summed E-state index contributed by atoms with van der Waals surface area (Å²) in [6.45, 7) is 6.14. The molecule has 0 bridgehead atoms. The first-order chi connectivity index (χ1) is 10.4. The standard InChI is InChI=1S/C19H27NO2/c1-19(2,3)22-18(21)20(4)16-12-7-5-6-9-13-17-14-10-8-11-15-17/h5-8,10-12,14-15H,9,13,16H2,1-4H3. The molecule has 1 aromatic rings. The minimum absolute atomic E-state index is 0.301. The molecule has 0 saturated heterocycles. The number of benzene rings is 1. The van der Waals surface area contributed by atoms with E-state index in [0.717, 1.165) is 12.8 Å². The van der Waals surface area contributed by atoms with Crippen molar-refractivity contribution in [2.45, 2.75) is 39.2 Å². The smallest absolute Gasteiger partial charge is 0.410 e. The van der Waals surface area contributed by atoms with Crippen LogP contribution in [0.5, 0.6) is 0 Å². The number of nitrogens with zero attached hydrogens (tertiary/aromatic N) is 1. The van der Waals surface area contributed by atoms with Crippen molar-refractivity contribution in [1.82, 2.24) is 4.90 Å². The normalized spacial score (nSPS) is 12.0. The summed E-state index contributed by atoms with van der Waals surface area (Å²) >= 11 is 0. The van der Waals surface area contributed by atoms with Crippen molar-refractivity contribution in [2.24, 2.45) is 0 Å². The Morgan fingerprint density at radius 1 is 1.14 bits per heavy atom. The van der Waals surface area contributed by atoms with E-state index in [2.05, 4.69) is 30.3 Å². The van der Waals surface area contributed by atoms with E-state index in [-0.39, 0.29) is 6.09 Å². The summed E-state index contributed by atoms with van der Waals surface area (Å²) < 4.78 is 5.28. The molecule has 0 unspecified atom stereocenters. The van der Waals surface area contributed by atoms with Crippen LogP contribution in [0.3, 0.4) is 0 Å². The highest BCUT2D eigenvalue weighted by molar-refractivity contribution is 5.67. The number of allylic oxidation sites excluding steroid dienone is 3. The first kappa shape index (κ1) is 18.0. The number of hydrogen-bond acceptors (Lipinski definition) is 2. The molecule has 0 N–H and O–H groups in total. The second-order valence-electron chi connectivity index (χ2n) is 6.24. The lowest BCUT2D eigenvalue weighted by Crippen LogP contribution is -2.34. The van der Waals surface area contributed by atoms with E-state index in [4.69, 9.17) is 4.74 Å². The highest BCUT2D eigenvalue weighted by atomic mass is 16.6. The van der Waals surface area contributed by atoms with Gasteiger partial charge in [0.15, 0.2) is 0 Å². The van der Waals surface area contributed by atoms with Gasteiger partial charge >= 0.3 is 6.09 Å². The number of carbonyl (C=O) groups excluding carboxylic acids is 1. The monoisotopic (exact) mass is 301 g/mol. The van der Waals surface area contributed by atoms with E-state index < -0.39 is 5.60 Å². The Balaban J connectivity index is 2.22. The van der Waals surface area contributed by atoms with Crippen LogP contribution in [0.1, 0.15) is 32.8 Å². The molecular formula is C19H27NO2. The van der Waals surface area contributed by atoms with Crippen LogP contribution in [0.25, 0.3) is 0 Å². The highest BCUT2D eigenvalue weighted by Crippen LogP contribution is 2.09. The van der Waals surface area contributed by atoms with Crippen LogP contribution in [-0.4, -0.2) is 30.2 Å². The molecule has 0 heterocycles. The maximum Gasteiger partial charge on any atom is 0.410 e. The molecule has 120 valence electrons. The molecule has 0 spiro atoms. The average Bonchev–Trinajstić information content (AvgIpc) is 2.45. The van der Waals surface area contributed by atoms with Crippen molar-refractivity contribution < 1.29 is 9.53 Å². The van der Waals surface area contributed by atoms with Gasteiger partial charge in [0.1, 0.15) is 5.60 Å². The van der Waals surface area contributed by atoms with Gasteiger partial charge in [0.2, 0.25) is 0 Å². The van der Waals surface area contributed by atoms with Gasteiger partial charge in [0, 0.05) is 13.6 Å². The van der Waals surface area contributed by atoms with Gasteiger partial charge in [-0.1, -0.05) is 54.6 Å². The number of amides is 1. The fourth-order valence-electron chi connectivity index (χ4n) is 1.78. The molecule has 3 heteroatoms. The molecule has 0 aromatic heterocycles. The van der Waals surface area contributed by atoms with E-state index in [0.29, 0.717) is 6.54 Å². The summed E-state index contributed by atoms with van der Waals surface area (Å²) in [6.07, 6.45) is 9.82. The molecule has 1 amide bonds. The van der Waals surface area contributed by atoms with Gasteiger partial charge in [-0.05, 0) is 39.2 Å². The molecule has 22 heavy (non-hydrogen) atoms. The lowest BCUT2D eigenvalue weighted by molar-refractivity contribution is 0.0318. The number of rotatable bonds is 6. The van der Waals surface area contributed by atoms with Crippen molar-refractivity contribution in [1.29, 1.82) is 0 Å². The van der Waals surface area contributed by atoms with E-state index in [1.807, 2.05) is 45.1 Å². The summed E-state index contributed by atoms with van der Waals surface area (Å²) in [4.78, 5) is 13.3. The summed E-state index contributed by atoms with van der Waals surface area (Å²) in [6, 6.07) is 10.4. The van der Waals surface area contributed by atoms with Gasteiger partial charge < -0.3 is 9.64 Å². The maximum atomic E-state index is 11.7. The fraction of sp³-hybridized carbons (Fsp3) is 0.421. The Bertz CT molecular complexity index is 498. The maximum absolute atomic E-state index is 11.7. The SMILES string of the molecule is CN(CC=CC=CCCc1ccccc1)C(=O)OC(C)(C)C. The number of aryl methyl sites for hydroxylation is 1. The topological polar surface area (TPSA) is 29.5 Å². The Labute approximate surface area is 134 Å². The number of carbonyl (C=O) groups is 1. The molecule has 0 saturated carbocycles. The molecule has 0 atom stereocenters. The summed E-state index contributed by atoms with van der Waals surface area (Å²) in [5.74, 6) is 0. The van der Waals surface area contributed by atoms with Crippen molar-refractivity contribution >= 4 is 6.09 Å². The van der Waals surface area contributed by atoms with Crippen LogP contribution >= 0.6 is 0 Å². The zero-order chi connectivity index (χ0) is 16.4. The Hall–Kier alpha value is -2.03. The molecule has 3 nitrogen and oxygen atoms in total. The van der Waals surface area contributed by atoms with Crippen LogP contribution in [0.2, 0.25) is 0 Å². The average molecular weight is 301 g/mol. The van der Waals surface area contributed by atoms with Crippen LogP contribution in [-0.2, 0) is 11.2 Å². The van der Waals surface area contributed by atoms with Crippen LogP contribution in [0.15, 0.2) is 54.6 Å². The first-order valence-electron chi connectivity index (χ1n) is 7.68. The van der Waals surface area contributed by atoms with Crippen molar-refractivity contribution in [2.75, 3.05) is 13.6 Å². The molecule has 0 aliphatic heterocycles. The Kier molecular flexibility index (Phi) is 7.44. The number of ether oxygens (including phenoxy) is 1. The minimum Gasteiger partial charge on any atom is -0.444 e. The Morgan fingerprint density at radius 3 is 2.41 bits per heavy atom. The molecule has 0 aliphatic carbocycles. The molecular weight excluding hydrogens is 274 g/mol. The van der Waals surface area contributed by atoms with E-state index >= 15 is 0 Å². The number of likely N-dealkylation sites (N-methyl/N-ethyl adjacent to an activating group) is 1. The third-order valence-electron chi connectivity index (χ3n) is 2.91. The lowest BCUT2D eigenvalue weighted by Gasteiger charge is -2.23. The van der Waals surface area contributed by atoms with E-state index in [1.54, 1.807) is 11.9 Å². The second-order valence-corrected chi connectivity index (χ2v) is 6.24. The predicted octanol–water partition coefficient (Wildman–Crippen LogP) is 4.60. The van der Waals surface area contributed by atoms with Crippen LogP contribution in [0, 0.1) is 0 Å². The lowest BCUT2D eigenvalue weighted by atomic mass is 10.1. The van der Waals surface area contributed by atoms with Gasteiger partial charge in [0.05, 0.1) is 0 Å². The first-order valence-corrected chi connectivity index (χ1v) is 7.68. The van der Waals surface area contributed by atoms with Crippen LogP contribution < -0.4 is 0 Å². The molecule has 1 rings (SSSR count). The number of hydrogen-bond donors (Lipinski definition) is 0. The third kappa shape index (κ3) is 8.30. The zero-order valence-corrected chi connectivity index (χ0v) is 14.1. The molecule has 1 aromatic carbocycles. The van der Waals surface area contributed by atoms with Crippen LogP contribution in [0.4, 0.5) is 4.79 Å². The minimum atomic E-state index is -0.452. The fourth-order valence-corrected chi connectivity index (χ4v) is 1.78. The Morgan fingerprint density at radius 2 is 1.77 bits per heavy atom. The molecule has 0 fully saturated rings. The van der Waals surface area contributed by atoms with Gasteiger partial charge in [-0.2, -0.15) is 0 Å².